The lowest BCUT2D eigenvalue weighted by Crippen LogP contribution is -2.26. The van der Waals surface area contributed by atoms with E-state index in [1.807, 2.05) is 56.8 Å². The number of carbonyl (C=O) groups excluding carboxylic acids is 1. The summed E-state index contributed by atoms with van der Waals surface area (Å²) in [7, 11) is 1.89. The van der Waals surface area contributed by atoms with E-state index in [1.54, 1.807) is 6.08 Å². The van der Waals surface area contributed by atoms with Gasteiger partial charge in [0.15, 0.2) is 0 Å². The number of ether oxygens (including phenoxy) is 1. The molecule has 1 aromatic carbocycles. The van der Waals surface area contributed by atoms with Gasteiger partial charge in [0.05, 0.1) is 12.2 Å². The van der Waals surface area contributed by atoms with E-state index in [-0.39, 0.29) is 5.91 Å². The molecule has 1 aromatic heterocycles. The van der Waals surface area contributed by atoms with Crippen LogP contribution in [0.1, 0.15) is 22.5 Å². The van der Waals surface area contributed by atoms with E-state index in [9.17, 15) is 4.79 Å². The molecule has 0 spiro atoms. The van der Waals surface area contributed by atoms with Crippen molar-refractivity contribution in [3.05, 3.63) is 52.9 Å². The van der Waals surface area contributed by atoms with Gasteiger partial charge in [-0.3, -0.25) is 9.48 Å². The molecular weight excluding hydrogens is 290 g/mol. The number of carbonyl (C=O) groups is 1. The first-order valence-electron chi connectivity index (χ1n) is 7.63. The topological polar surface area (TPSA) is 56.1 Å². The van der Waals surface area contributed by atoms with E-state index in [1.165, 1.54) is 6.08 Å². The predicted molar refractivity (Wildman–Crippen MR) is 91.4 cm³/mol. The Morgan fingerprint density at radius 3 is 2.78 bits per heavy atom. The molecule has 2 aromatic rings. The van der Waals surface area contributed by atoms with E-state index >= 15 is 0 Å². The first kappa shape index (κ1) is 16.8. The molecule has 0 aliphatic rings. The second kappa shape index (κ2) is 7.63. The van der Waals surface area contributed by atoms with Crippen molar-refractivity contribution in [2.45, 2.75) is 20.8 Å². The van der Waals surface area contributed by atoms with Crippen molar-refractivity contribution >= 4 is 12.0 Å². The summed E-state index contributed by atoms with van der Waals surface area (Å²) in [5.74, 6) is 0.678. The summed E-state index contributed by atoms with van der Waals surface area (Å²) < 4.78 is 7.40. The number of rotatable bonds is 6. The third-order valence-electron chi connectivity index (χ3n) is 3.63. The van der Waals surface area contributed by atoms with Crippen LogP contribution in [0.2, 0.25) is 0 Å². The maximum atomic E-state index is 11.8. The van der Waals surface area contributed by atoms with Crippen molar-refractivity contribution in [1.82, 2.24) is 15.1 Å². The van der Waals surface area contributed by atoms with Gasteiger partial charge in [0.25, 0.3) is 0 Å². The molecule has 122 valence electrons. The second-order valence-corrected chi connectivity index (χ2v) is 5.50. The summed E-state index contributed by atoms with van der Waals surface area (Å²) in [5, 5.41) is 7.12. The van der Waals surface area contributed by atoms with Crippen molar-refractivity contribution in [2.75, 3.05) is 13.2 Å². The molecule has 0 aliphatic heterocycles. The van der Waals surface area contributed by atoms with E-state index in [2.05, 4.69) is 10.4 Å². The second-order valence-electron chi connectivity index (χ2n) is 5.50. The van der Waals surface area contributed by atoms with Crippen molar-refractivity contribution < 1.29 is 9.53 Å². The van der Waals surface area contributed by atoms with Crippen LogP contribution in [0.4, 0.5) is 0 Å². The largest absolute Gasteiger partial charge is 0.492 e. The van der Waals surface area contributed by atoms with Crippen LogP contribution in [0.25, 0.3) is 6.08 Å². The van der Waals surface area contributed by atoms with Crippen molar-refractivity contribution in [2.24, 2.45) is 7.05 Å². The zero-order valence-electron chi connectivity index (χ0n) is 14.1. The minimum absolute atomic E-state index is 0.138. The number of hydrogen-bond donors (Lipinski definition) is 1. The van der Waals surface area contributed by atoms with Gasteiger partial charge in [0.1, 0.15) is 12.4 Å². The zero-order valence-corrected chi connectivity index (χ0v) is 14.1. The van der Waals surface area contributed by atoms with Gasteiger partial charge in [-0.05, 0) is 44.5 Å². The molecule has 0 fully saturated rings. The number of aromatic nitrogens is 2. The lowest BCUT2D eigenvalue weighted by atomic mass is 10.2. The lowest BCUT2D eigenvalue weighted by molar-refractivity contribution is -0.116. The monoisotopic (exact) mass is 313 g/mol. The van der Waals surface area contributed by atoms with Gasteiger partial charge in [-0.1, -0.05) is 12.1 Å². The van der Waals surface area contributed by atoms with Crippen LogP contribution in [0.5, 0.6) is 5.75 Å². The summed E-state index contributed by atoms with van der Waals surface area (Å²) in [6.45, 7) is 6.82. The number of benzene rings is 1. The van der Waals surface area contributed by atoms with E-state index < -0.39 is 0 Å². The molecule has 0 saturated carbocycles. The van der Waals surface area contributed by atoms with Gasteiger partial charge in [-0.25, -0.2) is 0 Å². The average molecular weight is 313 g/mol. The smallest absolute Gasteiger partial charge is 0.244 e. The number of amides is 1. The Bertz CT molecular complexity index is 717. The number of nitrogens with zero attached hydrogens (tertiary/aromatic N) is 2. The Labute approximate surface area is 137 Å². The van der Waals surface area contributed by atoms with Gasteiger partial charge in [0, 0.05) is 24.4 Å². The van der Waals surface area contributed by atoms with E-state index in [4.69, 9.17) is 4.74 Å². The molecule has 1 N–H and O–H groups in total. The maximum Gasteiger partial charge on any atom is 0.244 e. The summed E-state index contributed by atoms with van der Waals surface area (Å²) in [6, 6.07) is 7.84. The van der Waals surface area contributed by atoms with E-state index in [0.717, 1.165) is 28.3 Å². The molecular formula is C18H23N3O2. The summed E-state index contributed by atoms with van der Waals surface area (Å²) in [5.41, 5.74) is 4.08. The normalized spacial score (nSPS) is 11.0. The third-order valence-corrected chi connectivity index (χ3v) is 3.63. The molecule has 0 atom stereocenters. The Morgan fingerprint density at radius 1 is 1.35 bits per heavy atom. The Kier molecular flexibility index (Phi) is 5.57. The Hall–Kier alpha value is -2.56. The Morgan fingerprint density at radius 2 is 2.13 bits per heavy atom. The van der Waals surface area contributed by atoms with E-state index in [0.29, 0.717) is 13.2 Å². The van der Waals surface area contributed by atoms with Crippen LogP contribution < -0.4 is 10.1 Å². The summed E-state index contributed by atoms with van der Waals surface area (Å²) >= 11 is 0. The quantitative estimate of drug-likeness (QED) is 0.659. The molecule has 0 saturated heterocycles. The van der Waals surface area contributed by atoms with Crippen LogP contribution in [-0.4, -0.2) is 28.8 Å². The minimum Gasteiger partial charge on any atom is -0.492 e. The molecule has 5 nitrogen and oxygen atoms in total. The molecule has 0 unspecified atom stereocenters. The van der Waals surface area contributed by atoms with Crippen molar-refractivity contribution in [1.29, 1.82) is 0 Å². The average Bonchev–Trinajstić information content (AvgIpc) is 2.75. The number of nitrogens with one attached hydrogen (secondary N) is 1. The van der Waals surface area contributed by atoms with Crippen LogP contribution in [-0.2, 0) is 11.8 Å². The van der Waals surface area contributed by atoms with Gasteiger partial charge in [-0.15, -0.1) is 0 Å². The number of hydrogen-bond acceptors (Lipinski definition) is 3. The van der Waals surface area contributed by atoms with Gasteiger partial charge < -0.3 is 10.1 Å². The summed E-state index contributed by atoms with van der Waals surface area (Å²) in [4.78, 5) is 11.8. The van der Waals surface area contributed by atoms with Gasteiger partial charge in [-0.2, -0.15) is 5.10 Å². The molecule has 23 heavy (non-hydrogen) atoms. The highest BCUT2D eigenvalue weighted by Gasteiger charge is 2.06. The SMILES string of the molecule is Cc1cccc(OCCNC(=O)/C=C\c2c(C)nn(C)c2C)c1. The molecule has 1 heterocycles. The van der Waals surface area contributed by atoms with Crippen molar-refractivity contribution in [3.63, 3.8) is 0 Å². The first-order chi connectivity index (χ1) is 11.0. The fraction of sp³-hybridized carbons (Fsp3) is 0.333. The molecule has 0 bridgehead atoms. The summed E-state index contributed by atoms with van der Waals surface area (Å²) in [6.07, 6.45) is 3.33. The molecule has 0 aliphatic carbocycles. The number of aryl methyl sites for hydroxylation is 3. The van der Waals surface area contributed by atoms with Gasteiger partial charge in [0.2, 0.25) is 5.91 Å². The Balaban J connectivity index is 1.78. The highest BCUT2D eigenvalue weighted by Crippen LogP contribution is 2.13. The third kappa shape index (κ3) is 4.71. The minimum atomic E-state index is -0.138. The van der Waals surface area contributed by atoms with Crippen LogP contribution in [0.3, 0.4) is 0 Å². The van der Waals surface area contributed by atoms with Crippen LogP contribution >= 0.6 is 0 Å². The molecule has 0 radical (unpaired) electrons. The lowest BCUT2D eigenvalue weighted by Gasteiger charge is -2.07. The maximum absolute atomic E-state index is 11.8. The fourth-order valence-electron chi connectivity index (χ4n) is 2.30. The highest BCUT2D eigenvalue weighted by atomic mass is 16.5. The standard InChI is InChI=1S/C18H23N3O2/c1-13-6-5-7-16(12-13)23-11-10-19-18(22)9-8-17-14(2)20-21(4)15(17)3/h5-9,12H,10-11H2,1-4H3,(H,19,22)/b9-8-. The predicted octanol–water partition coefficient (Wildman–Crippen LogP) is 2.55. The van der Waals surface area contributed by atoms with Crippen LogP contribution in [0, 0.1) is 20.8 Å². The van der Waals surface area contributed by atoms with Crippen molar-refractivity contribution in [3.8, 4) is 5.75 Å². The first-order valence-corrected chi connectivity index (χ1v) is 7.63. The highest BCUT2D eigenvalue weighted by molar-refractivity contribution is 5.91. The molecule has 1 amide bonds. The van der Waals surface area contributed by atoms with Crippen LogP contribution in [0.15, 0.2) is 30.3 Å². The molecule has 2 rings (SSSR count). The molecule has 5 heteroatoms. The zero-order chi connectivity index (χ0) is 16.8. The van der Waals surface area contributed by atoms with Gasteiger partial charge >= 0.3 is 0 Å². The fourth-order valence-corrected chi connectivity index (χ4v) is 2.30.